The third-order valence-electron chi connectivity index (χ3n) is 3.95. The molecule has 0 amide bonds. The molecule has 1 aromatic rings. The van der Waals surface area contributed by atoms with E-state index in [2.05, 4.69) is 27.5 Å². The molecule has 0 bridgehead atoms. The minimum absolute atomic E-state index is 0.108. The Labute approximate surface area is 121 Å². The van der Waals surface area contributed by atoms with Crippen molar-refractivity contribution in [3.05, 3.63) is 11.4 Å². The molecule has 1 aliphatic rings. The van der Waals surface area contributed by atoms with Gasteiger partial charge in [0.25, 0.3) is 0 Å². The highest BCUT2D eigenvalue weighted by molar-refractivity contribution is 5.57. The van der Waals surface area contributed by atoms with Crippen LogP contribution >= 0.6 is 0 Å². The highest BCUT2D eigenvalue weighted by Gasteiger charge is 2.24. The molecule has 1 fully saturated rings. The molecule has 1 saturated carbocycles. The van der Waals surface area contributed by atoms with Crippen molar-refractivity contribution in [3.8, 4) is 0 Å². The average Bonchev–Trinajstić information content (AvgIpc) is 2.45. The second kappa shape index (κ2) is 6.88. The molecule has 5 heteroatoms. The second-order valence-corrected chi connectivity index (χ2v) is 5.56. The molecule has 0 aliphatic heterocycles. The quantitative estimate of drug-likeness (QED) is 0.772. The molecule has 2 rings (SSSR count). The summed E-state index contributed by atoms with van der Waals surface area (Å²) in [5.74, 6) is 2.59. The molecule has 0 aromatic carbocycles. The van der Waals surface area contributed by atoms with E-state index < -0.39 is 0 Å². The number of aryl methyl sites for hydroxylation is 1. The van der Waals surface area contributed by atoms with E-state index in [-0.39, 0.29) is 12.1 Å². The Kier molecular flexibility index (Phi) is 5.17. The normalized spacial score (nSPS) is 22.6. The third kappa shape index (κ3) is 3.39. The van der Waals surface area contributed by atoms with E-state index in [9.17, 15) is 5.11 Å². The maximum atomic E-state index is 10.1. The molecule has 1 heterocycles. The SMILES string of the molecule is CCCc1nc(NC)c(C)c(NC2CCCCC2O)n1. The van der Waals surface area contributed by atoms with Crippen molar-refractivity contribution in [2.45, 2.75) is 64.5 Å². The maximum absolute atomic E-state index is 10.1. The summed E-state index contributed by atoms with van der Waals surface area (Å²) in [7, 11) is 1.88. The van der Waals surface area contributed by atoms with Gasteiger partial charge in [-0.2, -0.15) is 0 Å². The lowest BCUT2D eigenvalue weighted by atomic mass is 9.92. The van der Waals surface area contributed by atoms with Crippen LogP contribution in [0.5, 0.6) is 0 Å². The van der Waals surface area contributed by atoms with E-state index in [1.54, 1.807) is 0 Å². The first-order valence-electron chi connectivity index (χ1n) is 7.65. The van der Waals surface area contributed by atoms with Crippen LogP contribution in [0.3, 0.4) is 0 Å². The van der Waals surface area contributed by atoms with Gasteiger partial charge in [0.15, 0.2) is 0 Å². The van der Waals surface area contributed by atoms with Crippen LogP contribution in [0.4, 0.5) is 11.6 Å². The van der Waals surface area contributed by atoms with Crippen molar-refractivity contribution in [1.29, 1.82) is 0 Å². The predicted octanol–water partition coefficient (Wildman–Crippen LogP) is 2.49. The van der Waals surface area contributed by atoms with Crippen LogP contribution < -0.4 is 10.6 Å². The summed E-state index contributed by atoms with van der Waals surface area (Å²) >= 11 is 0. The zero-order valence-corrected chi connectivity index (χ0v) is 12.7. The van der Waals surface area contributed by atoms with Gasteiger partial charge in [-0.3, -0.25) is 0 Å². The summed E-state index contributed by atoms with van der Waals surface area (Å²) in [6.07, 6.45) is 5.79. The van der Waals surface area contributed by atoms with Gasteiger partial charge in [0.1, 0.15) is 17.5 Å². The summed E-state index contributed by atoms with van der Waals surface area (Å²) in [5.41, 5.74) is 1.02. The number of aliphatic hydroxyl groups is 1. The Hall–Kier alpha value is -1.36. The van der Waals surface area contributed by atoms with Gasteiger partial charge in [0.05, 0.1) is 12.1 Å². The van der Waals surface area contributed by atoms with Gasteiger partial charge in [-0.25, -0.2) is 9.97 Å². The minimum atomic E-state index is -0.272. The standard InChI is InChI=1S/C15H26N4O/c1-4-7-13-18-14(16-3)10(2)15(19-13)17-11-8-5-6-9-12(11)20/h11-12,20H,4-9H2,1-3H3,(H2,16,17,18,19). The van der Waals surface area contributed by atoms with E-state index in [1.165, 1.54) is 6.42 Å². The summed E-state index contributed by atoms with van der Waals surface area (Å²) in [6.45, 7) is 4.14. The highest BCUT2D eigenvalue weighted by atomic mass is 16.3. The summed E-state index contributed by atoms with van der Waals surface area (Å²) < 4.78 is 0. The van der Waals surface area contributed by atoms with Crippen LogP contribution in [0.25, 0.3) is 0 Å². The molecule has 0 saturated heterocycles. The van der Waals surface area contributed by atoms with Gasteiger partial charge in [0, 0.05) is 19.0 Å². The zero-order chi connectivity index (χ0) is 14.5. The van der Waals surface area contributed by atoms with Gasteiger partial charge in [0.2, 0.25) is 0 Å². The molecule has 20 heavy (non-hydrogen) atoms. The monoisotopic (exact) mass is 278 g/mol. The van der Waals surface area contributed by atoms with E-state index >= 15 is 0 Å². The molecule has 0 spiro atoms. The number of aliphatic hydroxyl groups excluding tert-OH is 1. The van der Waals surface area contributed by atoms with Crippen molar-refractivity contribution in [3.63, 3.8) is 0 Å². The Morgan fingerprint density at radius 2 is 1.90 bits per heavy atom. The first-order chi connectivity index (χ1) is 9.65. The van der Waals surface area contributed by atoms with Crippen LogP contribution in [0.15, 0.2) is 0 Å². The Morgan fingerprint density at radius 3 is 2.55 bits per heavy atom. The first kappa shape index (κ1) is 15.0. The Balaban J connectivity index is 2.22. The number of nitrogens with zero attached hydrogens (tertiary/aromatic N) is 2. The lowest BCUT2D eigenvalue weighted by Crippen LogP contribution is -2.37. The van der Waals surface area contributed by atoms with Crippen LogP contribution in [-0.4, -0.2) is 34.3 Å². The fourth-order valence-corrected chi connectivity index (χ4v) is 2.74. The van der Waals surface area contributed by atoms with Crippen molar-refractivity contribution < 1.29 is 5.11 Å². The van der Waals surface area contributed by atoms with Gasteiger partial charge in [-0.1, -0.05) is 19.8 Å². The molecule has 0 radical (unpaired) electrons. The van der Waals surface area contributed by atoms with Crippen molar-refractivity contribution in [2.75, 3.05) is 17.7 Å². The summed E-state index contributed by atoms with van der Waals surface area (Å²) in [5, 5.41) is 16.7. The number of anilines is 2. The molecule has 3 N–H and O–H groups in total. The van der Waals surface area contributed by atoms with Gasteiger partial charge < -0.3 is 15.7 Å². The van der Waals surface area contributed by atoms with Crippen molar-refractivity contribution in [1.82, 2.24) is 9.97 Å². The molecule has 2 atom stereocenters. The van der Waals surface area contributed by atoms with Crippen molar-refractivity contribution in [2.24, 2.45) is 0 Å². The zero-order valence-electron chi connectivity index (χ0n) is 12.7. The van der Waals surface area contributed by atoms with Gasteiger partial charge in [-0.15, -0.1) is 0 Å². The second-order valence-electron chi connectivity index (χ2n) is 5.56. The summed E-state index contributed by atoms with van der Waals surface area (Å²) in [4.78, 5) is 9.15. The Bertz CT molecular complexity index is 450. The number of rotatable bonds is 5. The minimum Gasteiger partial charge on any atom is -0.391 e. The maximum Gasteiger partial charge on any atom is 0.135 e. The molecular weight excluding hydrogens is 252 g/mol. The van der Waals surface area contributed by atoms with E-state index in [0.717, 1.165) is 55.1 Å². The molecule has 1 aliphatic carbocycles. The molecular formula is C15H26N4O. The predicted molar refractivity (Wildman–Crippen MR) is 82.2 cm³/mol. The van der Waals surface area contributed by atoms with Crippen LogP contribution in [0.1, 0.15) is 50.4 Å². The van der Waals surface area contributed by atoms with Crippen LogP contribution in [0, 0.1) is 6.92 Å². The van der Waals surface area contributed by atoms with Crippen LogP contribution in [-0.2, 0) is 6.42 Å². The number of aromatic nitrogens is 2. The smallest absolute Gasteiger partial charge is 0.135 e. The third-order valence-corrected chi connectivity index (χ3v) is 3.95. The fourth-order valence-electron chi connectivity index (χ4n) is 2.74. The average molecular weight is 278 g/mol. The van der Waals surface area contributed by atoms with E-state index in [0.29, 0.717) is 0 Å². The Morgan fingerprint density at radius 1 is 1.20 bits per heavy atom. The largest absolute Gasteiger partial charge is 0.391 e. The molecule has 1 aromatic heterocycles. The molecule has 5 nitrogen and oxygen atoms in total. The highest BCUT2D eigenvalue weighted by Crippen LogP contribution is 2.25. The topological polar surface area (TPSA) is 70.1 Å². The van der Waals surface area contributed by atoms with Gasteiger partial charge in [-0.05, 0) is 26.2 Å². The summed E-state index contributed by atoms with van der Waals surface area (Å²) in [6, 6.07) is 0.108. The van der Waals surface area contributed by atoms with E-state index in [1.807, 2.05) is 14.0 Å². The van der Waals surface area contributed by atoms with Gasteiger partial charge >= 0.3 is 0 Å². The lowest BCUT2D eigenvalue weighted by Gasteiger charge is -2.29. The fraction of sp³-hybridized carbons (Fsp3) is 0.733. The number of hydrogen-bond donors (Lipinski definition) is 3. The molecule has 112 valence electrons. The number of hydrogen-bond acceptors (Lipinski definition) is 5. The number of nitrogens with one attached hydrogen (secondary N) is 2. The van der Waals surface area contributed by atoms with Crippen molar-refractivity contribution >= 4 is 11.6 Å². The van der Waals surface area contributed by atoms with Crippen LogP contribution in [0.2, 0.25) is 0 Å². The lowest BCUT2D eigenvalue weighted by molar-refractivity contribution is 0.116. The molecule has 2 unspecified atom stereocenters. The first-order valence-corrected chi connectivity index (χ1v) is 7.65. The van der Waals surface area contributed by atoms with E-state index in [4.69, 9.17) is 0 Å².